The number of hydrogen-bond donors (Lipinski definition) is 2. The summed E-state index contributed by atoms with van der Waals surface area (Å²) in [5.74, 6) is -0.0218. The van der Waals surface area contributed by atoms with E-state index in [2.05, 4.69) is 33.9 Å². The van der Waals surface area contributed by atoms with Gasteiger partial charge in [-0.05, 0) is 31.7 Å². The number of hydrogen-bond acceptors (Lipinski definition) is 7. The Labute approximate surface area is 159 Å². The standard InChI is InChI=1S/C17H23N3O4S2/c1-6-8(2)7-11-9(3)25-15-12(11)14(22)18-16(20-15)26-10(4)13(21)19-17(23)24-5/h8,10H,6-7H2,1-5H3,(H,18,20,22)(H,19,21,23)/t8-,10-/m0/s1. The van der Waals surface area contributed by atoms with Crippen molar-refractivity contribution in [3.05, 3.63) is 20.8 Å². The molecule has 26 heavy (non-hydrogen) atoms. The third-order valence-corrected chi connectivity index (χ3v) is 6.18. The van der Waals surface area contributed by atoms with Crippen molar-refractivity contribution in [2.75, 3.05) is 7.11 Å². The zero-order valence-corrected chi connectivity index (χ0v) is 17.1. The van der Waals surface area contributed by atoms with Gasteiger partial charge in [-0.3, -0.25) is 14.9 Å². The summed E-state index contributed by atoms with van der Waals surface area (Å²) >= 11 is 2.58. The second kappa shape index (κ2) is 8.68. The number of rotatable bonds is 6. The van der Waals surface area contributed by atoms with Crippen molar-refractivity contribution in [3.63, 3.8) is 0 Å². The van der Waals surface area contributed by atoms with Crippen LogP contribution < -0.4 is 10.9 Å². The van der Waals surface area contributed by atoms with Crippen LogP contribution in [-0.4, -0.2) is 34.3 Å². The Balaban J connectivity index is 2.27. The van der Waals surface area contributed by atoms with Crippen LogP contribution in [0.25, 0.3) is 10.2 Å². The number of aryl methyl sites for hydroxylation is 1. The van der Waals surface area contributed by atoms with Gasteiger partial charge < -0.3 is 9.72 Å². The maximum Gasteiger partial charge on any atom is 0.413 e. The molecule has 142 valence electrons. The monoisotopic (exact) mass is 397 g/mol. The molecule has 0 saturated carbocycles. The molecule has 0 saturated heterocycles. The molecule has 9 heteroatoms. The van der Waals surface area contributed by atoms with Crippen LogP contribution in [0.5, 0.6) is 0 Å². The molecule has 7 nitrogen and oxygen atoms in total. The van der Waals surface area contributed by atoms with Gasteiger partial charge in [-0.1, -0.05) is 32.0 Å². The molecule has 0 radical (unpaired) electrons. The normalized spacial score (nSPS) is 13.4. The summed E-state index contributed by atoms with van der Waals surface area (Å²) < 4.78 is 4.40. The van der Waals surface area contributed by atoms with E-state index in [1.54, 1.807) is 6.92 Å². The van der Waals surface area contributed by atoms with E-state index in [9.17, 15) is 14.4 Å². The van der Waals surface area contributed by atoms with Crippen molar-refractivity contribution in [2.45, 2.75) is 50.9 Å². The molecule has 0 spiro atoms. The van der Waals surface area contributed by atoms with E-state index in [1.165, 1.54) is 18.4 Å². The van der Waals surface area contributed by atoms with Crippen LogP contribution in [0.2, 0.25) is 0 Å². The third kappa shape index (κ3) is 4.64. The van der Waals surface area contributed by atoms with Gasteiger partial charge in [-0.15, -0.1) is 11.3 Å². The minimum atomic E-state index is -0.817. The molecule has 0 aliphatic rings. The lowest BCUT2D eigenvalue weighted by atomic mass is 9.98. The highest BCUT2D eigenvalue weighted by atomic mass is 32.2. The Kier molecular flexibility index (Phi) is 6.82. The van der Waals surface area contributed by atoms with E-state index in [4.69, 9.17) is 0 Å². The van der Waals surface area contributed by atoms with Gasteiger partial charge in [0.1, 0.15) is 4.83 Å². The highest BCUT2D eigenvalue weighted by Gasteiger charge is 2.21. The van der Waals surface area contributed by atoms with E-state index in [1.807, 2.05) is 6.92 Å². The number of aromatic amines is 1. The quantitative estimate of drug-likeness (QED) is 0.573. The van der Waals surface area contributed by atoms with Crippen LogP contribution in [0.4, 0.5) is 4.79 Å². The minimum Gasteiger partial charge on any atom is -0.453 e. The van der Waals surface area contributed by atoms with Crippen molar-refractivity contribution in [1.82, 2.24) is 15.3 Å². The summed E-state index contributed by atoms with van der Waals surface area (Å²) in [5.41, 5.74) is 0.863. The molecule has 0 aromatic carbocycles. The summed E-state index contributed by atoms with van der Waals surface area (Å²) in [5, 5.41) is 2.48. The molecule has 2 heterocycles. The molecule has 2 amide bonds. The molecule has 0 bridgehead atoms. The van der Waals surface area contributed by atoms with Gasteiger partial charge in [0, 0.05) is 4.88 Å². The number of thioether (sulfide) groups is 1. The van der Waals surface area contributed by atoms with Gasteiger partial charge >= 0.3 is 6.09 Å². The zero-order chi connectivity index (χ0) is 19.4. The zero-order valence-electron chi connectivity index (χ0n) is 15.5. The van der Waals surface area contributed by atoms with Gasteiger partial charge in [-0.2, -0.15) is 0 Å². The number of nitrogens with zero attached hydrogens (tertiary/aromatic N) is 1. The van der Waals surface area contributed by atoms with Crippen LogP contribution in [0.15, 0.2) is 9.95 Å². The fourth-order valence-corrected chi connectivity index (χ4v) is 4.33. The predicted octanol–water partition coefficient (Wildman–Crippen LogP) is 3.24. The fraction of sp³-hybridized carbons (Fsp3) is 0.529. The van der Waals surface area contributed by atoms with Crippen molar-refractivity contribution in [2.24, 2.45) is 5.92 Å². The van der Waals surface area contributed by atoms with Crippen LogP contribution in [0, 0.1) is 12.8 Å². The SMILES string of the molecule is CC[C@H](C)Cc1c(C)sc2nc(S[C@@H](C)C(=O)NC(=O)OC)[nH]c(=O)c12. The first kappa shape index (κ1) is 20.4. The summed E-state index contributed by atoms with van der Waals surface area (Å²) in [7, 11) is 1.18. The van der Waals surface area contributed by atoms with Gasteiger partial charge in [0.2, 0.25) is 5.91 Å². The van der Waals surface area contributed by atoms with Crippen LogP contribution in [-0.2, 0) is 16.0 Å². The Morgan fingerprint density at radius 2 is 2.08 bits per heavy atom. The number of imide groups is 1. The highest BCUT2D eigenvalue weighted by molar-refractivity contribution is 8.00. The molecule has 2 rings (SSSR count). The summed E-state index contributed by atoms with van der Waals surface area (Å²) in [6.45, 7) is 7.92. The number of nitrogens with one attached hydrogen (secondary N) is 2. The number of amides is 2. The number of thiophene rings is 1. The molecule has 2 aromatic heterocycles. The Morgan fingerprint density at radius 1 is 1.38 bits per heavy atom. The van der Waals surface area contributed by atoms with Crippen LogP contribution >= 0.6 is 23.1 Å². The van der Waals surface area contributed by atoms with Gasteiger partial charge in [0.15, 0.2) is 5.16 Å². The van der Waals surface area contributed by atoms with Crippen LogP contribution in [0.1, 0.15) is 37.6 Å². The summed E-state index contributed by atoms with van der Waals surface area (Å²) in [6.07, 6.45) is 1.07. The van der Waals surface area contributed by atoms with Crippen molar-refractivity contribution >= 4 is 45.3 Å². The molecule has 0 aliphatic heterocycles. The molecule has 0 aliphatic carbocycles. The predicted molar refractivity (Wildman–Crippen MR) is 104 cm³/mol. The largest absolute Gasteiger partial charge is 0.453 e. The average Bonchev–Trinajstić information content (AvgIpc) is 2.90. The van der Waals surface area contributed by atoms with E-state index in [0.717, 1.165) is 35.0 Å². The van der Waals surface area contributed by atoms with Crippen LogP contribution in [0.3, 0.4) is 0 Å². The van der Waals surface area contributed by atoms with E-state index in [0.29, 0.717) is 21.3 Å². The highest BCUT2D eigenvalue weighted by Crippen LogP contribution is 2.31. The number of H-pyrrole nitrogens is 1. The first-order valence-electron chi connectivity index (χ1n) is 8.34. The van der Waals surface area contributed by atoms with Crippen molar-refractivity contribution < 1.29 is 14.3 Å². The first-order valence-corrected chi connectivity index (χ1v) is 10.0. The molecular weight excluding hydrogens is 374 g/mol. The number of ether oxygens (including phenoxy) is 1. The van der Waals surface area contributed by atoms with Crippen molar-refractivity contribution in [1.29, 1.82) is 0 Å². The molecule has 2 aromatic rings. The lowest BCUT2D eigenvalue weighted by Gasteiger charge is -2.10. The summed E-state index contributed by atoms with van der Waals surface area (Å²) in [4.78, 5) is 44.7. The van der Waals surface area contributed by atoms with E-state index >= 15 is 0 Å². The lowest BCUT2D eigenvalue weighted by Crippen LogP contribution is -2.36. The molecule has 2 N–H and O–H groups in total. The Hall–Kier alpha value is -1.87. The lowest BCUT2D eigenvalue weighted by molar-refractivity contribution is -0.119. The Morgan fingerprint density at radius 3 is 2.69 bits per heavy atom. The number of alkyl carbamates (subject to hydrolysis) is 1. The molecular formula is C17H23N3O4S2. The smallest absolute Gasteiger partial charge is 0.413 e. The van der Waals surface area contributed by atoms with Gasteiger partial charge in [0.25, 0.3) is 5.56 Å². The van der Waals surface area contributed by atoms with Gasteiger partial charge in [0.05, 0.1) is 17.7 Å². The second-order valence-electron chi connectivity index (χ2n) is 6.15. The average molecular weight is 398 g/mol. The molecule has 2 atom stereocenters. The number of carbonyl (C=O) groups is 2. The third-order valence-electron chi connectivity index (χ3n) is 4.16. The number of aromatic nitrogens is 2. The number of methoxy groups -OCH3 is 1. The van der Waals surface area contributed by atoms with Crippen molar-refractivity contribution in [3.8, 4) is 0 Å². The fourth-order valence-electron chi connectivity index (χ4n) is 2.42. The minimum absolute atomic E-state index is 0.194. The topological polar surface area (TPSA) is 101 Å². The van der Waals surface area contributed by atoms with E-state index in [-0.39, 0.29) is 5.56 Å². The van der Waals surface area contributed by atoms with Gasteiger partial charge in [-0.25, -0.2) is 9.78 Å². The maximum atomic E-state index is 12.6. The molecule has 0 fully saturated rings. The summed E-state index contributed by atoms with van der Waals surface area (Å²) in [6, 6.07) is 0. The Bertz CT molecular complexity index is 875. The maximum absolute atomic E-state index is 12.6. The second-order valence-corrected chi connectivity index (χ2v) is 8.68. The molecule has 0 unspecified atom stereocenters. The number of carbonyl (C=O) groups excluding carboxylic acids is 2. The van der Waals surface area contributed by atoms with E-state index < -0.39 is 17.3 Å². The first-order chi connectivity index (χ1) is 12.3. The number of fused-ring (bicyclic) bond motifs is 1.